The summed E-state index contributed by atoms with van der Waals surface area (Å²) in [5.74, 6) is 0.577. The van der Waals surface area contributed by atoms with Gasteiger partial charge < -0.3 is 0 Å². The number of hydrogen-bond donors (Lipinski definition) is 0. The predicted octanol–water partition coefficient (Wildman–Crippen LogP) is 2.25. The molecule has 0 amide bonds. The highest BCUT2D eigenvalue weighted by Gasteiger charge is 2.23. The molecule has 0 N–H and O–H groups in total. The lowest BCUT2D eigenvalue weighted by Gasteiger charge is -2.30. The van der Waals surface area contributed by atoms with E-state index in [1.807, 2.05) is 6.92 Å². The van der Waals surface area contributed by atoms with Crippen LogP contribution in [0.25, 0.3) is 0 Å². The zero-order chi connectivity index (χ0) is 11.5. The Kier molecular flexibility index (Phi) is 3.71. The topological polar surface area (TPSA) is 33.2 Å². The summed E-state index contributed by atoms with van der Waals surface area (Å²) in [4.78, 5) is 18.2. The normalized spacial score (nSPS) is 22.2. The van der Waals surface area contributed by atoms with Gasteiger partial charge in [-0.25, -0.2) is 4.98 Å². The van der Waals surface area contributed by atoms with Gasteiger partial charge in [-0.1, -0.05) is 0 Å². The third kappa shape index (κ3) is 2.89. The molecular formula is C12H18N2OS. The van der Waals surface area contributed by atoms with Crippen molar-refractivity contribution < 1.29 is 4.79 Å². The largest absolute Gasteiger partial charge is 0.300 e. The van der Waals surface area contributed by atoms with Gasteiger partial charge in [-0.05, 0) is 33.2 Å². The average molecular weight is 238 g/mol. The number of ketones is 1. The van der Waals surface area contributed by atoms with Crippen LogP contribution in [-0.2, 0) is 11.3 Å². The van der Waals surface area contributed by atoms with Crippen LogP contribution in [0.5, 0.6) is 0 Å². The van der Waals surface area contributed by atoms with Crippen molar-refractivity contribution in [3.05, 3.63) is 16.1 Å². The number of carbonyl (C=O) groups is 1. The number of nitrogens with zero attached hydrogens (tertiary/aromatic N) is 2. The number of aromatic nitrogens is 1. The summed E-state index contributed by atoms with van der Waals surface area (Å²) in [7, 11) is 0. The summed E-state index contributed by atoms with van der Waals surface area (Å²) in [6, 6.07) is 0. The van der Waals surface area contributed by atoms with Gasteiger partial charge in [0.15, 0.2) is 0 Å². The van der Waals surface area contributed by atoms with Crippen LogP contribution in [0.1, 0.15) is 30.5 Å². The van der Waals surface area contributed by atoms with E-state index in [0.717, 1.165) is 43.2 Å². The highest BCUT2D eigenvalue weighted by atomic mass is 32.1. The van der Waals surface area contributed by atoms with Gasteiger partial charge in [0.1, 0.15) is 5.78 Å². The van der Waals surface area contributed by atoms with Crippen molar-refractivity contribution in [3.8, 4) is 0 Å². The third-order valence-electron chi connectivity index (χ3n) is 3.13. The van der Waals surface area contributed by atoms with Gasteiger partial charge >= 0.3 is 0 Å². The molecule has 4 heteroatoms. The van der Waals surface area contributed by atoms with Gasteiger partial charge in [0.2, 0.25) is 0 Å². The van der Waals surface area contributed by atoms with Crippen LogP contribution in [-0.4, -0.2) is 28.8 Å². The van der Waals surface area contributed by atoms with E-state index in [2.05, 4.69) is 15.3 Å². The number of likely N-dealkylation sites (tertiary alicyclic amines) is 1. The average Bonchev–Trinajstić information content (AvgIpc) is 2.64. The molecule has 0 bridgehead atoms. The number of rotatable bonds is 3. The lowest BCUT2D eigenvalue weighted by atomic mass is 9.94. The molecule has 2 heterocycles. The fraction of sp³-hybridized carbons (Fsp3) is 0.667. The first-order chi connectivity index (χ1) is 7.65. The van der Waals surface area contributed by atoms with Gasteiger partial charge in [0.05, 0.1) is 10.7 Å². The summed E-state index contributed by atoms with van der Waals surface area (Å²) in [5.41, 5.74) is 1.15. The smallest absolute Gasteiger partial charge is 0.134 e. The molecular weight excluding hydrogens is 220 g/mol. The van der Waals surface area contributed by atoms with E-state index in [1.54, 1.807) is 18.3 Å². The minimum atomic E-state index is 0.244. The second kappa shape index (κ2) is 5.06. The van der Waals surface area contributed by atoms with E-state index in [-0.39, 0.29) is 5.92 Å². The lowest BCUT2D eigenvalue weighted by Crippen LogP contribution is -2.37. The minimum Gasteiger partial charge on any atom is -0.300 e. The van der Waals surface area contributed by atoms with Gasteiger partial charge in [-0.15, -0.1) is 11.3 Å². The molecule has 16 heavy (non-hydrogen) atoms. The van der Waals surface area contributed by atoms with Crippen LogP contribution < -0.4 is 0 Å². The van der Waals surface area contributed by atoms with E-state index in [0.29, 0.717) is 5.78 Å². The molecule has 1 aromatic rings. The number of piperidine rings is 1. The van der Waals surface area contributed by atoms with Gasteiger partial charge in [-0.3, -0.25) is 9.69 Å². The first kappa shape index (κ1) is 11.7. The van der Waals surface area contributed by atoms with Crippen LogP contribution in [0.4, 0.5) is 0 Å². The van der Waals surface area contributed by atoms with Crippen molar-refractivity contribution in [2.75, 3.05) is 13.1 Å². The number of aryl methyl sites for hydroxylation is 1. The predicted molar refractivity (Wildman–Crippen MR) is 65.5 cm³/mol. The molecule has 0 aliphatic carbocycles. The summed E-state index contributed by atoms with van der Waals surface area (Å²) in [6.45, 7) is 6.64. The summed E-state index contributed by atoms with van der Waals surface area (Å²) >= 11 is 1.70. The minimum absolute atomic E-state index is 0.244. The molecule has 2 rings (SSSR count). The zero-order valence-corrected chi connectivity index (χ0v) is 10.7. The monoisotopic (exact) mass is 238 g/mol. The van der Waals surface area contributed by atoms with Crippen molar-refractivity contribution >= 4 is 17.1 Å². The second-order valence-corrected chi connectivity index (χ2v) is 5.61. The Balaban J connectivity index is 1.92. The summed E-state index contributed by atoms with van der Waals surface area (Å²) in [6.07, 6.45) is 2.19. The molecule has 0 saturated carbocycles. The molecule has 0 aromatic carbocycles. The van der Waals surface area contributed by atoms with E-state index < -0.39 is 0 Å². The standard InChI is InChI=1S/C12H18N2OS/c1-9(15)11-4-3-5-14(6-11)7-12-8-16-10(2)13-12/h8,11H,3-7H2,1-2H3. The Hall–Kier alpha value is -0.740. The molecule has 1 unspecified atom stereocenters. The fourth-order valence-corrected chi connectivity index (χ4v) is 2.84. The summed E-state index contributed by atoms with van der Waals surface area (Å²) in [5, 5.41) is 3.24. The molecule has 88 valence electrons. The maximum atomic E-state index is 11.4. The SMILES string of the molecule is CC(=O)C1CCCN(Cc2csc(C)n2)C1. The van der Waals surface area contributed by atoms with Crippen molar-refractivity contribution in [3.63, 3.8) is 0 Å². The van der Waals surface area contributed by atoms with Crippen LogP contribution in [0, 0.1) is 12.8 Å². The Bertz CT molecular complexity index is 375. The molecule has 0 radical (unpaired) electrons. The van der Waals surface area contributed by atoms with Crippen LogP contribution in [0.15, 0.2) is 5.38 Å². The Morgan fingerprint density at radius 2 is 2.50 bits per heavy atom. The maximum absolute atomic E-state index is 11.4. The third-order valence-corrected chi connectivity index (χ3v) is 3.95. The Labute approximate surface area is 100 Å². The Morgan fingerprint density at radius 3 is 3.12 bits per heavy atom. The fourth-order valence-electron chi connectivity index (χ4n) is 2.24. The number of carbonyl (C=O) groups excluding carboxylic acids is 1. The van der Waals surface area contributed by atoms with Crippen molar-refractivity contribution in [1.82, 2.24) is 9.88 Å². The first-order valence-electron chi connectivity index (χ1n) is 5.79. The number of hydrogen-bond acceptors (Lipinski definition) is 4. The Morgan fingerprint density at radius 1 is 1.69 bits per heavy atom. The zero-order valence-electron chi connectivity index (χ0n) is 9.90. The molecule has 1 aliphatic rings. The highest BCUT2D eigenvalue weighted by Crippen LogP contribution is 2.19. The quantitative estimate of drug-likeness (QED) is 0.810. The van der Waals surface area contributed by atoms with E-state index in [9.17, 15) is 4.79 Å². The molecule has 1 aliphatic heterocycles. The molecule has 1 atom stereocenters. The molecule has 1 saturated heterocycles. The number of Topliss-reactive ketones (excluding diaryl/α,β-unsaturated/α-hetero) is 1. The summed E-state index contributed by atoms with van der Waals surface area (Å²) < 4.78 is 0. The number of thiazole rings is 1. The van der Waals surface area contributed by atoms with E-state index in [1.165, 1.54) is 0 Å². The molecule has 0 spiro atoms. The van der Waals surface area contributed by atoms with Crippen molar-refractivity contribution in [2.24, 2.45) is 5.92 Å². The lowest BCUT2D eigenvalue weighted by molar-refractivity contribution is -0.122. The van der Waals surface area contributed by atoms with Crippen LogP contribution in [0.2, 0.25) is 0 Å². The van der Waals surface area contributed by atoms with E-state index in [4.69, 9.17) is 0 Å². The second-order valence-electron chi connectivity index (χ2n) is 4.54. The van der Waals surface area contributed by atoms with Gasteiger partial charge in [0, 0.05) is 24.4 Å². The van der Waals surface area contributed by atoms with Crippen LogP contribution >= 0.6 is 11.3 Å². The van der Waals surface area contributed by atoms with Crippen molar-refractivity contribution in [1.29, 1.82) is 0 Å². The highest BCUT2D eigenvalue weighted by molar-refractivity contribution is 7.09. The molecule has 1 fully saturated rings. The maximum Gasteiger partial charge on any atom is 0.134 e. The van der Waals surface area contributed by atoms with Gasteiger partial charge in [-0.2, -0.15) is 0 Å². The molecule has 1 aromatic heterocycles. The van der Waals surface area contributed by atoms with Crippen molar-refractivity contribution in [2.45, 2.75) is 33.2 Å². The van der Waals surface area contributed by atoms with Gasteiger partial charge in [0.25, 0.3) is 0 Å². The van der Waals surface area contributed by atoms with E-state index >= 15 is 0 Å². The van der Waals surface area contributed by atoms with Crippen LogP contribution in [0.3, 0.4) is 0 Å². The first-order valence-corrected chi connectivity index (χ1v) is 6.67. The molecule has 3 nitrogen and oxygen atoms in total.